The number of hydrogen-bond donors (Lipinski definition) is 2. The fourth-order valence-corrected chi connectivity index (χ4v) is 0.211. The van der Waals surface area contributed by atoms with Crippen LogP contribution >= 0.6 is 0 Å². The molecule has 1 atom stereocenters. The predicted molar refractivity (Wildman–Crippen MR) is 41.5 cm³/mol. The first-order valence-corrected chi connectivity index (χ1v) is 3.29. The Balaban J connectivity index is 0. The van der Waals surface area contributed by atoms with Crippen molar-refractivity contribution in [3.05, 3.63) is 0 Å². The zero-order valence-corrected chi connectivity index (χ0v) is 7.40. The fourth-order valence-electron chi connectivity index (χ4n) is 0.211. The Kier molecular flexibility index (Phi) is 9.27. The molecule has 0 aromatic rings. The summed E-state index contributed by atoms with van der Waals surface area (Å²) in [5.41, 5.74) is 0. The molecule has 5 heteroatoms. The van der Waals surface area contributed by atoms with Gasteiger partial charge in [-0.3, -0.25) is 0 Å². The van der Waals surface area contributed by atoms with Crippen LogP contribution in [0.1, 0.15) is 13.8 Å². The van der Waals surface area contributed by atoms with Gasteiger partial charge in [-0.1, -0.05) is 0 Å². The number of aliphatic hydroxyl groups excluding tert-OH is 2. The third-order valence-electron chi connectivity index (χ3n) is 0.646. The van der Waals surface area contributed by atoms with Crippen molar-refractivity contribution in [3.63, 3.8) is 0 Å². The van der Waals surface area contributed by atoms with Crippen LogP contribution in [-0.2, 0) is 14.3 Å². The number of carbonyl (C=O) groups is 2. The predicted octanol–water partition coefficient (Wildman–Crippen LogP) is -0.892. The number of methoxy groups -OCH3 is 1. The second-order valence-corrected chi connectivity index (χ2v) is 2.13. The van der Waals surface area contributed by atoms with E-state index < -0.39 is 18.7 Å². The molecule has 0 aromatic heterocycles. The lowest BCUT2D eigenvalue weighted by molar-refractivity contribution is -0.152. The van der Waals surface area contributed by atoms with Crippen LogP contribution in [-0.4, -0.2) is 41.8 Å². The van der Waals surface area contributed by atoms with Gasteiger partial charge in [0.1, 0.15) is 5.78 Å². The third-order valence-corrected chi connectivity index (χ3v) is 0.646. The van der Waals surface area contributed by atoms with E-state index in [1.54, 1.807) is 0 Å². The van der Waals surface area contributed by atoms with Crippen molar-refractivity contribution in [3.8, 4) is 0 Å². The van der Waals surface area contributed by atoms with E-state index in [0.29, 0.717) is 0 Å². The summed E-state index contributed by atoms with van der Waals surface area (Å²) in [6.45, 7) is 2.46. The van der Waals surface area contributed by atoms with E-state index in [1.165, 1.54) is 13.8 Å². The monoisotopic (exact) mass is 178 g/mol. The van der Waals surface area contributed by atoms with Crippen LogP contribution in [0.25, 0.3) is 0 Å². The molecule has 0 spiro atoms. The topological polar surface area (TPSA) is 83.8 Å². The maximum Gasteiger partial charge on any atom is 0.337 e. The number of carbonyl (C=O) groups excluding carboxylic acids is 2. The molecule has 0 aromatic carbocycles. The quantitative estimate of drug-likeness (QED) is 0.536. The van der Waals surface area contributed by atoms with Crippen LogP contribution in [0.15, 0.2) is 0 Å². The Hall–Kier alpha value is -0.940. The summed E-state index contributed by atoms with van der Waals surface area (Å²) in [7, 11) is 1.14. The van der Waals surface area contributed by atoms with Gasteiger partial charge in [-0.05, 0) is 13.8 Å². The van der Waals surface area contributed by atoms with Gasteiger partial charge in [-0.2, -0.15) is 0 Å². The summed E-state index contributed by atoms with van der Waals surface area (Å²) >= 11 is 0. The van der Waals surface area contributed by atoms with Crippen LogP contribution < -0.4 is 0 Å². The minimum atomic E-state index is -1.39. The molecule has 12 heavy (non-hydrogen) atoms. The Bertz CT molecular complexity index is 139. The van der Waals surface area contributed by atoms with E-state index in [-0.39, 0.29) is 5.78 Å². The second-order valence-electron chi connectivity index (χ2n) is 2.13. The molecule has 5 nitrogen and oxygen atoms in total. The highest BCUT2D eigenvalue weighted by Crippen LogP contribution is 1.82. The average molecular weight is 178 g/mol. The van der Waals surface area contributed by atoms with E-state index in [4.69, 9.17) is 10.2 Å². The molecule has 0 heterocycles. The molecular formula is C7H14O5. The smallest absolute Gasteiger partial charge is 0.337 e. The van der Waals surface area contributed by atoms with Crippen molar-refractivity contribution in [1.82, 2.24) is 0 Å². The average Bonchev–Trinajstić information content (AvgIpc) is 2.00. The summed E-state index contributed by atoms with van der Waals surface area (Å²) < 4.78 is 4.05. The zero-order chi connectivity index (χ0) is 10.1. The Morgan fingerprint density at radius 2 is 1.75 bits per heavy atom. The van der Waals surface area contributed by atoms with Crippen LogP contribution in [0.2, 0.25) is 0 Å². The molecule has 0 radical (unpaired) electrons. The minimum Gasteiger partial charge on any atom is -0.467 e. The Labute approximate surface area is 71.0 Å². The largest absolute Gasteiger partial charge is 0.467 e. The van der Waals surface area contributed by atoms with E-state index in [9.17, 15) is 9.59 Å². The second kappa shape index (κ2) is 8.16. The molecule has 0 fully saturated rings. The molecule has 72 valence electrons. The number of esters is 1. The molecule has 0 saturated carbocycles. The maximum atomic E-state index is 10.1. The molecule has 0 saturated heterocycles. The number of aliphatic hydroxyl groups is 2. The summed E-state index contributed by atoms with van der Waals surface area (Å²) in [6, 6.07) is 0. The van der Waals surface area contributed by atoms with Gasteiger partial charge in [0, 0.05) is 0 Å². The van der Waals surface area contributed by atoms with Crippen molar-refractivity contribution in [2.24, 2.45) is 0 Å². The van der Waals surface area contributed by atoms with Crippen molar-refractivity contribution < 1.29 is 24.5 Å². The van der Waals surface area contributed by atoms with Crippen molar-refractivity contribution in [2.45, 2.75) is 20.0 Å². The lowest BCUT2D eigenvalue weighted by Crippen LogP contribution is -2.25. The van der Waals surface area contributed by atoms with Gasteiger partial charge < -0.3 is 19.7 Å². The molecule has 0 unspecified atom stereocenters. The lowest BCUT2D eigenvalue weighted by Gasteiger charge is -2.01. The van der Waals surface area contributed by atoms with Gasteiger partial charge in [0.2, 0.25) is 0 Å². The van der Waals surface area contributed by atoms with Gasteiger partial charge in [-0.15, -0.1) is 0 Å². The van der Waals surface area contributed by atoms with Crippen LogP contribution in [0, 0.1) is 0 Å². The first kappa shape index (κ1) is 13.6. The highest BCUT2D eigenvalue weighted by Gasteiger charge is 2.11. The number of Topliss-reactive ketones (excluding diaryl/α,β-unsaturated/α-hetero) is 1. The summed E-state index contributed by atoms with van der Waals surface area (Å²) in [4.78, 5) is 19.6. The van der Waals surface area contributed by atoms with Crippen molar-refractivity contribution >= 4 is 11.8 Å². The van der Waals surface area contributed by atoms with Gasteiger partial charge in [-0.25, -0.2) is 4.79 Å². The maximum absolute atomic E-state index is 10.1. The van der Waals surface area contributed by atoms with Crippen molar-refractivity contribution in [2.75, 3.05) is 13.7 Å². The number of ether oxygens (including phenoxy) is 1. The standard InChI is InChI=1S/C4H8O4.C3H6O/c1-8-4(7)3(6)2-5;1-3(2)4/h3,5-6H,2H2,1H3;1-2H3/t3-;/m1./s1. The highest BCUT2D eigenvalue weighted by atomic mass is 16.5. The molecule has 0 rings (SSSR count). The summed E-state index contributed by atoms with van der Waals surface area (Å²) in [5.74, 6) is -0.646. The van der Waals surface area contributed by atoms with Gasteiger partial charge >= 0.3 is 5.97 Å². The van der Waals surface area contributed by atoms with Gasteiger partial charge in [0.25, 0.3) is 0 Å². The molecule has 0 bridgehead atoms. The summed E-state index contributed by atoms with van der Waals surface area (Å²) in [6.07, 6.45) is -1.39. The van der Waals surface area contributed by atoms with Crippen LogP contribution in [0.3, 0.4) is 0 Å². The number of rotatable bonds is 2. The molecule has 0 aliphatic heterocycles. The SMILES string of the molecule is CC(C)=O.COC(=O)[C@H](O)CO. The summed E-state index contributed by atoms with van der Waals surface area (Å²) in [5, 5.41) is 16.5. The third kappa shape index (κ3) is 11.8. The van der Waals surface area contributed by atoms with Gasteiger partial charge in [0.15, 0.2) is 6.10 Å². The lowest BCUT2D eigenvalue weighted by atomic mass is 10.4. The van der Waals surface area contributed by atoms with Crippen molar-refractivity contribution in [1.29, 1.82) is 0 Å². The van der Waals surface area contributed by atoms with Crippen LogP contribution in [0.4, 0.5) is 0 Å². The number of ketones is 1. The van der Waals surface area contributed by atoms with Crippen LogP contribution in [0.5, 0.6) is 0 Å². The van der Waals surface area contributed by atoms with E-state index in [1.807, 2.05) is 0 Å². The Morgan fingerprint density at radius 1 is 1.42 bits per heavy atom. The van der Waals surface area contributed by atoms with E-state index in [0.717, 1.165) is 7.11 Å². The van der Waals surface area contributed by atoms with E-state index in [2.05, 4.69) is 4.74 Å². The normalized spacial score (nSPS) is 10.8. The first-order chi connectivity index (χ1) is 5.45. The zero-order valence-electron chi connectivity index (χ0n) is 7.40. The minimum absolute atomic E-state index is 0.167. The van der Waals surface area contributed by atoms with Gasteiger partial charge in [0.05, 0.1) is 13.7 Å². The molecule has 0 aliphatic carbocycles. The Morgan fingerprint density at radius 3 is 1.83 bits per heavy atom. The molecule has 0 aliphatic rings. The molecule has 2 N–H and O–H groups in total. The molecule has 0 amide bonds. The first-order valence-electron chi connectivity index (χ1n) is 3.29. The fraction of sp³-hybridized carbons (Fsp3) is 0.714. The molecular weight excluding hydrogens is 164 g/mol. The number of hydrogen-bond acceptors (Lipinski definition) is 5. The van der Waals surface area contributed by atoms with E-state index >= 15 is 0 Å². The highest BCUT2D eigenvalue weighted by molar-refractivity contribution is 5.74.